The lowest BCUT2D eigenvalue weighted by Crippen LogP contribution is -2.08. The molecule has 3 rings (SSSR count). The van der Waals surface area contributed by atoms with E-state index in [1.54, 1.807) is 0 Å². The third-order valence-corrected chi connectivity index (χ3v) is 5.51. The van der Waals surface area contributed by atoms with Crippen molar-refractivity contribution in [2.24, 2.45) is 0 Å². The van der Waals surface area contributed by atoms with Crippen molar-refractivity contribution in [3.05, 3.63) is 53.1 Å². The molecule has 0 radical (unpaired) electrons. The zero-order valence-corrected chi connectivity index (χ0v) is 15.9. The van der Waals surface area contributed by atoms with E-state index < -0.39 is 38.2 Å². The van der Waals surface area contributed by atoms with E-state index in [1.807, 2.05) is 0 Å². The predicted molar refractivity (Wildman–Crippen MR) is 98.7 cm³/mol. The zero-order chi connectivity index (χ0) is 21.7. The highest BCUT2D eigenvalue weighted by atomic mass is 32.2. The quantitative estimate of drug-likeness (QED) is 0.656. The Bertz CT molecular complexity index is 1270. The predicted octanol–water partition coefficient (Wildman–Crippen LogP) is 4.04. The van der Waals surface area contributed by atoms with E-state index >= 15 is 0 Å². The van der Waals surface area contributed by atoms with Crippen LogP contribution in [0.15, 0.2) is 41.3 Å². The van der Waals surface area contributed by atoms with Gasteiger partial charge in [-0.05, 0) is 30.7 Å². The van der Waals surface area contributed by atoms with Gasteiger partial charge in [-0.3, -0.25) is 0 Å². The van der Waals surface area contributed by atoms with E-state index in [1.165, 1.54) is 19.1 Å². The molecule has 0 aliphatic rings. The molecule has 0 aliphatic carbocycles. The zero-order valence-electron chi connectivity index (χ0n) is 15.1. The van der Waals surface area contributed by atoms with Crippen molar-refractivity contribution in [3.63, 3.8) is 0 Å². The van der Waals surface area contributed by atoms with Crippen LogP contribution >= 0.6 is 0 Å². The van der Waals surface area contributed by atoms with Gasteiger partial charge in [-0.15, -0.1) is 0 Å². The smallest absolute Gasteiger partial charge is 0.416 e. The highest BCUT2D eigenvalue weighted by Gasteiger charge is 2.31. The molecule has 29 heavy (non-hydrogen) atoms. The SMILES string of the molecule is Cc1c(-c2cccc(C(F)(F)F)c2)nc2cc(O)c(S(C)(=O)=O)cc2c1C(=O)O. The van der Waals surface area contributed by atoms with Crippen LogP contribution in [0.5, 0.6) is 5.75 Å². The van der Waals surface area contributed by atoms with Gasteiger partial charge in [0.1, 0.15) is 10.6 Å². The first kappa shape index (κ1) is 20.6. The molecule has 2 N–H and O–H groups in total. The number of phenols is 1. The number of benzene rings is 2. The van der Waals surface area contributed by atoms with Crippen LogP contribution in [0.3, 0.4) is 0 Å². The lowest BCUT2D eigenvalue weighted by Gasteiger charge is -2.15. The highest BCUT2D eigenvalue weighted by Crippen LogP contribution is 2.36. The number of aromatic hydroxyl groups is 1. The number of sulfone groups is 1. The summed E-state index contributed by atoms with van der Waals surface area (Å²) in [4.78, 5) is 15.6. The van der Waals surface area contributed by atoms with Gasteiger partial charge >= 0.3 is 12.1 Å². The Labute approximate surface area is 163 Å². The number of alkyl halides is 3. The molecule has 1 heterocycles. The molecule has 0 saturated carbocycles. The molecule has 0 fully saturated rings. The largest absolute Gasteiger partial charge is 0.507 e. The molecule has 0 bridgehead atoms. The number of hydrogen-bond donors (Lipinski definition) is 2. The lowest BCUT2D eigenvalue weighted by atomic mass is 9.96. The van der Waals surface area contributed by atoms with Crippen molar-refractivity contribution >= 4 is 26.7 Å². The number of pyridine rings is 1. The van der Waals surface area contributed by atoms with Gasteiger partial charge in [0, 0.05) is 23.3 Å². The molecule has 0 atom stereocenters. The molecular formula is C19H14F3NO5S. The van der Waals surface area contributed by atoms with E-state index in [2.05, 4.69) is 4.98 Å². The molecule has 152 valence electrons. The van der Waals surface area contributed by atoms with E-state index in [0.717, 1.165) is 30.5 Å². The van der Waals surface area contributed by atoms with E-state index in [4.69, 9.17) is 0 Å². The van der Waals surface area contributed by atoms with Crippen molar-refractivity contribution in [2.75, 3.05) is 6.26 Å². The topological polar surface area (TPSA) is 105 Å². The number of aromatic nitrogens is 1. The van der Waals surface area contributed by atoms with Gasteiger partial charge in [-0.2, -0.15) is 13.2 Å². The summed E-state index contributed by atoms with van der Waals surface area (Å²) in [6.45, 7) is 1.37. The van der Waals surface area contributed by atoms with Crippen molar-refractivity contribution in [1.29, 1.82) is 0 Å². The van der Waals surface area contributed by atoms with Gasteiger partial charge in [0.25, 0.3) is 0 Å². The van der Waals surface area contributed by atoms with Crippen molar-refractivity contribution in [1.82, 2.24) is 4.98 Å². The Morgan fingerprint density at radius 1 is 1.14 bits per heavy atom. The molecule has 0 unspecified atom stereocenters. The van der Waals surface area contributed by atoms with E-state index in [9.17, 15) is 36.6 Å². The third kappa shape index (κ3) is 3.75. The van der Waals surface area contributed by atoms with Gasteiger partial charge in [0.05, 0.1) is 22.3 Å². The van der Waals surface area contributed by atoms with Gasteiger partial charge in [-0.1, -0.05) is 12.1 Å². The fourth-order valence-corrected chi connectivity index (χ4v) is 3.84. The summed E-state index contributed by atoms with van der Waals surface area (Å²) in [5.74, 6) is -2.05. The summed E-state index contributed by atoms with van der Waals surface area (Å²) >= 11 is 0. The number of aromatic carboxylic acids is 1. The summed E-state index contributed by atoms with van der Waals surface area (Å²) < 4.78 is 62.8. The van der Waals surface area contributed by atoms with Crippen LogP contribution in [0.4, 0.5) is 13.2 Å². The number of nitrogens with zero attached hydrogens (tertiary/aromatic N) is 1. The maximum atomic E-state index is 13.0. The fraction of sp³-hybridized carbons (Fsp3) is 0.158. The maximum Gasteiger partial charge on any atom is 0.416 e. The van der Waals surface area contributed by atoms with Gasteiger partial charge in [-0.25, -0.2) is 18.2 Å². The van der Waals surface area contributed by atoms with Crippen LogP contribution < -0.4 is 0 Å². The van der Waals surface area contributed by atoms with Crippen LogP contribution in [0.1, 0.15) is 21.5 Å². The minimum Gasteiger partial charge on any atom is -0.507 e. The number of phenolic OH excluding ortho intramolecular Hbond substituents is 1. The van der Waals surface area contributed by atoms with Crippen molar-refractivity contribution in [2.45, 2.75) is 18.0 Å². The number of carbonyl (C=O) groups is 1. The maximum absolute atomic E-state index is 13.0. The van der Waals surface area contributed by atoms with E-state index in [0.29, 0.717) is 0 Å². The van der Waals surface area contributed by atoms with Crippen molar-refractivity contribution in [3.8, 4) is 17.0 Å². The standard InChI is InChI=1S/C19H14F3NO5S/c1-9-16(18(25)26)12-7-15(29(2,27)28)14(24)8-13(12)23-17(9)10-4-3-5-11(6-10)19(20,21)22/h3-8,24H,1-2H3,(H,25,26). The summed E-state index contributed by atoms with van der Waals surface area (Å²) in [6.07, 6.45) is -3.75. The van der Waals surface area contributed by atoms with Gasteiger partial charge in [0.15, 0.2) is 9.84 Å². The average Bonchev–Trinajstić information content (AvgIpc) is 2.59. The Morgan fingerprint density at radius 2 is 1.79 bits per heavy atom. The first-order valence-corrected chi connectivity index (χ1v) is 9.98. The molecule has 1 aromatic heterocycles. The van der Waals surface area contributed by atoms with Gasteiger partial charge < -0.3 is 10.2 Å². The van der Waals surface area contributed by atoms with Gasteiger partial charge in [0.2, 0.25) is 0 Å². The second-order valence-electron chi connectivity index (χ2n) is 6.45. The number of fused-ring (bicyclic) bond motifs is 1. The number of hydrogen-bond acceptors (Lipinski definition) is 5. The van der Waals surface area contributed by atoms with Crippen LogP contribution in [0.2, 0.25) is 0 Å². The molecule has 0 aliphatic heterocycles. The normalized spacial score (nSPS) is 12.3. The second-order valence-corrected chi connectivity index (χ2v) is 8.44. The molecule has 10 heteroatoms. The molecule has 0 spiro atoms. The molecule has 3 aromatic rings. The average molecular weight is 425 g/mol. The lowest BCUT2D eigenvalue weighted by molar-refractivity contribution is -0.137. The molecule has 0 amide bonds. The minimum atomic E-state index is -4.60. The first-order valence-electron chi connectivity index (χ1n) is 8.09. The van der Waals surface area contributed by atoms with Crippen molar-refractivity contribution < 1.29 is 36.6 Å². The summed E-state index contributed by atoms with van der Waals surface area (Å²) in [7, 11) is -3.86. The second kappa shape index (κ2) is 6.73. The first-order chi connectivity index (χ1) is 13.3. The Hall–Kier alpha value is -3.14. The van der Waals surface area contributed by atoms with Crippen LogP contribution in [-0.4, -0.2) is 35.8 Å². The fourth-order valence-electron chi connectivity index (χ4n) is 3.07. The Kier molecular flexibility index (Phi) is 4.78. The number of carboxylic acids is 1. The Morgan fingerprint density at radius 3 is 2.34 bits per heavy atom. The Balaban J connectivity index is 2.40. The number of rotatable bonds is 3. The molecule has 2 aromatic carbocycles. The summed E-state index contributed by atoms with van der Waals surface area (Å²) in [5, 5.41) is 19.7. The summed E-state index contributed by atoms with van der Waals surface area (Å²) in [6, 6.07) is 6.23. The molecule has 0 saturated heterocycles. The highest BCUT2D eigenvalue weighted by molar-refractivity contribution is 7.90. The van der Waals surface area contributed by atoms with Crippen LogP contribution in [-0.2, 0) is 16.0 Å². The number of carboxylic acid groups (broad SMARTS) is 1. The van der Waals surface area contributed by atoms with E-state index in [-0.39, 0.29) is 33.3 Å². The minimum absolute atomic E-state index is 0.0208. The summed E-state index contributed by atoms with van der Waals surface area (Å²) in [5.41, 5.74) is -1.23. The van der Waals surface area contributed by atoms with Crippen LogP contribution in [0, 0.1) is 6.92 Å². The monoisotopic (exact) mass is 425 g/mol. The third-order valence-electron chi connectivity index (χ3n) is 4.39. The number of halogens is 3. The van der Waals surface area contributed by atoms with Crippen LogP contribution in [0.25, 0.3) is 22.2 Å². The molecular weight excluding hydrogens is 411 g/mol. The molecule has 6 nitrogen and oxygen atoms in total.